The average Bonchev–Trinajstić information content (AvgIpc) is 3.69. The molecule has 2 heterocycles. The molecular weight excluding hydrogens is 749 g/mol. The molecule has 1 aliphatic rings. The van der Waals surface area contributed by atoms with Crippen molar-refractivity contribution in [2.45, 2.75) is 0 Å². The zero-order valence-corrected chi connectivity index (χ0v) is 33.3. The first-order valence-electron chi connectivity index (χ1n) is 20.3. The van der Waals surface area contributed by atoms with Gasteiger partial charge in [0.15, 0.2) is 0 Å². The molecule has 0 spiro atoms. The van der Waals surface area contributed by atoms with Crippen LogP contribution in [0.5, 0.6) is 11.5 Å². The Hall–Kier alpha value is -7.66. The standard InChI is InChI=1S/C56H36N2OS/c1-4-15-37(16-5-1)44-21-10-12-24-51(44)58(42-30-32-55-49(35-42)46-22-11-13-26-54(46)60-55)41-28-27-38-33-50-45-31-29-43(57(39-17-6-2-7-18-39)40-19-8-3-9-20-40)36-53(45)59-52-25-14-23-47(56(50)52)48(38)34-41/h1-36H. The van der Waals surface area contributed by atoms with E-state index in [9.17, 15) is 0 Å². The highest BCUT2D eigenvalue weighted by molar-refractivity contribution is 7.25. The van der Waals surface area contributed by atoms with E-state index in [1.165, 1.54) is 53.0 Å². The molecule has 0 N–H and O–H groups in total. The number of thiophene rings is 1. The van der Waals surface area contributed by atoms with Gasteiger partial charge in [-0.25, -0.2) is 0 Å². The third kappa shape index (κ3) is 5.65. The van der Waals surface area contributed by atoms with Crippen molar-refractivity contribution in [1.29, 1.82) is 0 Å². The van der Waals surface area contributed by atoms with Gasteiger partial charge in [-0.15, -0.1) is 11.3 Å². The van der Waals surface area contributed by atoms with E-state index in [1.807, 2.05) is 11.3 Å². The number of rotatable bonds is 7. The number of ether oxygens (including phenoxy) is 1. The molecule has 10 aromatic carbocycles. The minimum Gasteiger partial charge on any atom is -0.456 e. The highest BCUT2D eigenvalue weighted by atomic mass is 32.1. The zero-order valence-electron chi connectivity index (χ0n) is 32.5. The van der Waals surface area contributed by atoms with Gasteiger partial charge in [-0.2, -0.15) is 0 Å². The van der Waals surface area contributed by atoms with E-state index in [0.717, 1.165) is 56.6 Å². The van der Waals surface area contributed by atoms with Gasteiger partial charge in [0.1, 0.15) is 11.5 Å². The van der Waals surface area contributed by atoms with Crippen molar-refractivity contribution < 1.29 is 4.74 Å². The summed E-state index contributed by atoms with van der Waals surface area (Å²) in [6.45, 7) is 0. The maximum atomic E-state index is 6.87. The molecule has 0 saturated heterocycles. The smallest absolute Gasteiger partial charge is 0.137 e. The number of hydrogen-bond acceptors (Lipinski definition) is 4. The SMILES string of the molecule is c1ccc(-c2ccccc2N(c2ccc3cc4c5c(cccc5c3c2)Oc2cc(N(c3ccccc3)c3ccccc3)ccc2-4)c2ccc3sc4ccccc4c3c2)cc1. The van der Waals surface area contributed by atoms with Crippen LogP contribution in [0.1, 0.15) is 0 Å². The molecule has 11 aromatic rings. The summed E-state index contributed by atoms with van der Waals surface area (Å²) in [5.74, 6) is 1.71. The Morgan fingerprint density at radius 1 is 0.333 bits per heavy atom. The molecular formula is C56H36N2OS. The van der Waals surface area contributed by atoms with Crippen molar-refractivity contribution in [2.24, 2.45) is 0 Å². The lowest BCUT2D eigenvalue weighted by Crippen LogP contribution is -2.11. The van der Waals surface area contributed by atoms with Crippen LogP contribution < -0.4 is 14.5 Å². The minimum atomic E-state index is 0.848. The second-order valence-electron chi connectivity index (χ2n) is 15.3. The highest BCUT2D eigenvalue weighted by Gasteiger charge is 2.25. The van der Waals surface area contributed by atoms with E-state index >= 15 is 0 Å². The van der Waals surface area contributed by atoms with Gasteiger partial charge in [0.05, 0.1) is 5.69 Å². The van der Waals surface area contributed by atoms with Crippen LogP contribution >= 0.6 is 11.3 Å². The predicted molar refractivity (Wildman–Crippen MR) is 255 cm³/mol. The molecule has 12 rings (SSSR count). The Morgan fingerprint density at radius 3 is 1.75 bits per heavy atom. The maximum absolute atomic E-state index is 6.87. The monoisotopic (exact) mass is 784 g/mol. The fourth-order valence-corrected chi connectivity index (χ4v) is 10.2. The van der Waals surface area contributed by atoms with Gasteiger partial charge in [-0.1, -0.05) is 121 Å². The third-order valence-corrected chi connectivity index (χ3v) is 12.9. The molecule has 60 heavy (non-hydrogen) atoms. The quantitative estimate of drug-likeness (QED) is 0.150. The van der Waals surface area contributed by atoms with Gasteiger partial charge in [0.25, 0.3) is 0 Å². The Labute approximate surface area is 352 Å². The van der Waals surface area contributed by atoms with Crippen molar-refractivity contribution in [3.05, 3.63) is 218 Å². The fraction of sp³-hybridized carbons (Fsp3) is 0. The molecule has 282 valence electrons. The van der Waals surface area contributed by atoms with Gasteiger partial charge < -0.3 is 14.5 Å². The summed E-state index contributed by atoms with van der Waals surface area (Å²) in [5, 5.41) is 7.22. The number of benzene rings is 10. The molecule has 3 nitrogen and oxygen atoms in total. The van der Waals surface area contributed by atoms with Crippen LogP contribution in [-0.4, -0.2) is 0 Å². The lowest BCUT2D eigenvalue weighted by atomic mass is 9.90. The van der Waals surface area contributed by atoms with Gasteiger partial charge in [0, 0.05) is 71.2 Å². The second-order valence-corrected chi connectivity index (χ2v) is 16.4. The summed E-state index contributed by atoms with van der Waals surface area (Å²) < 4.78 is 9.46. The van der Waals surface area contributed by atoms with Gasteiger partial charge >= 0.3 is 0 Å². The van der Waals surface area contributed by atoms with Crippen LogP contribution in [-0.2, 0) is 0 Å². The van der Waals surface area contributed by atoms with Gasteiger partial charge in [-0.05, 0) is 118 Å². The van der Waals surface area contributed by atoms with Crippen LogP contribution in [0, 0.1) is 0 Å². The van der Waals surface area contributed by atoms with E-state index in [4.69, 9.17) is 4.74 Å². The summed E-state index contributed by atoms with van der Waals surface area (Å²) in [4.78, 5) is 4.71. The molecule has 1 aromatic heterocycles. The zero-order chi connectivity index (χ0) is 39.6. The lowest BCUT2D eigenvalue weighted by Gasteiger charge is -2.29. The van der Waals surface area contributed by atoms with E-state index in [2.05, 4.69) is 228 Å². The fourth-order valence-electron chi connectivity index (χ4n) is 9.09. The van der Waals surface area contributed by atoms with Crippen molar-refractivity contribution in [2.75, 3.05) is 9.80 Å². The number of anilines is 6. The molecule has 1 aliphatic heterocycles. The minimum absolute atomic E-state index is 0.848. The van der Waals surface area contributed by atoms with E-state index in [-0.39, 0.29) is 0 Å². The molecule has 0 unspecified atom stereocenters. The van der Waals surface area contributed by atoms with Crippen molar-refractivity contribution >= 4 is 87.2 Å². The highest BCUT2D eigenvalue weighted by Crippen LogP contribution is 2.52. The van der Waals surface area contributed by atoms with Crippen LogP contribution in [0.25, 0.3) is 64.0 Å². The molecule has 0 aliphatic carbocycles. The van der Waals surface area contributed by atoms with E-state index in [1.54, 1.807) is 0 Å². The van der Waals surface area contributed by atoms with Crippen molar-refractivity contribution in [3.63, 3.8) is 0 Å². The van der Waals surface area contributed by atoms with Crippen LogP contribution in [0.2, 0.25) is 0 Å². The molecule has 4 heteroatoms. The van der Waals surface area contributed by atoms with Crippen LogP contribution in [0.4, 0.5) is 34.1 Å². The largest absolute Gasteiger partial charge is 0.456 e. The molecule has 0 atom stereocenters. The first-order valence-corrected chi connectivity index (χ1v) is 21.1. The summed E-state index contributed by atoms with van der Waals surface area (Å²) in [6, 6.07) is 78.5. The lowest BCUT2D eigenvalue weighted by molar-refractivity contribution is 0.487. The number of fused-ring (bicyclic) bond motifs is 7. The maximum Gasteiger partial charge on any atom is 0.137 e. The number of hydrogen-bond donors (Lipinski definition) is 0. The second kappa shape index (κ2) is 14.0. The normalized spacial score (nSPS) is 11.8. The van der Waals surface area contributed by atoms with Crippen LogP contribution in [0.15, 0.2) is 218 Å². The van der Waals surface area contributed by atoms with Gasteiger partial charge in [0.2, 0.25) is 0 Å². The molecule has 0 saturated carbocycles. The summed E-state index contributed by atoms with van der Waals surface area (Å²) in [6.07, 6.45) is 0. The third-order valence-electron chi connectivity index (χ3n) is 11.8. The number of nitrogens with zero attached hydrogens (tertiary/aromatic N) is 2. The first-order chi connectivity index (χ1) is 29.7. The first kappa shape index (κ1) is 34.4. The Balaban J connectivity index is 1.03. The summed E-state index contributed by atoms with van der Waals surface area (Å²) in [7, 11) is 0. The Kier molecular flexibility index (Phi) is 8.03. The summed E-state index contributed by atoms with van der Waals surface area (Å²) in [5.41, 5.74) is 11.2. The van der Waals surface area contributed by atoms with E-state index in [0.29, 0.717) is 0 Å². The Bertz CT molecular complexity index is 3380. The van der Waals surface area contributed by atoms with E-state index < -0.39 is 0 Å². The molecule has 0 fully saturated rings. The molecule has 0 amide bonds. The van der Waals surface area contributed by atoms with Crippen molar-refractivity contribution in [1.82, 2.24) is 0 Å². The predicted octanol–water partition coefficient (Wildman–Crippen LogP) is 16.7. The van der Waals surface area contributed by atoms with Crippen LogP contribution in [0.3, 0.4) is 0 Å². The van der Waals surface area contributed by atoms with Gasteiger partial charge in [-0.3, -0.25) is 0 Å². The average molecular weight is 785 g/mol. The Morgan fingerprint density at radius 2 is 0.950 bits per heavy atom. The molecule has 0 bridgehead atoms. The number of para-hydroxylation sites is 3. The van der Waals surface area contributed by atoms with Crippen molar-refractivity contribution in [3.8, 4) is 33.8 Å². The topological polar surface area (TPSA) is 15.7 Å². The summed E-state index contributed by atoms with van der Waals surface area (Å²) >= 11 is 1.85. The molecule has 0 radical (unpaired) electrons.